The molecule has 3 aromatic carbocycles. The number of piperazine rings is 1. The van der Waals surface area contributed by atoms with Gasteiger partial charge < -0.3 is 19.7 Å². The van der Waals surface area contributed by atoms with Crippen molar-refractivity contribution in [1.29, 1.82) is 0 Å². The standard InChI is InChI=1S/C27H24N2O3/c30-27(21-12-13-24-25(14-21)32-17-31-24)29-15-22-26(23(16-29)28-22)20-10-8-19(9-11-20)7-6-18-4-2-1-3-5-18/h1-14,22-23,26,28H,15-17H2/t22-,23+,26?. The fraction of sp³-hybridized carbons (Fsp3) is 0.222. The van der Waals surface area contributed by atoms with Gasteiger partial charge in [-0.15, -0.1) is 0 Å². The second-order valence-corrected chi connectivity index (χ2v) is 8.59. The molecule has 3 aromatic rings. The summed E-state index contributed by atoms with van der Waals surface area (Å²) in [6.45, 7) is 1.64. The van der Waals surface area contributed by atoms with Crippen molar-refractivity contribution in [3.63, 3.8) is 0 Å². The molecule has 4 aliphatic rings. The van der Waals surface area contributed by atoms with Crippen LogP contribution >= 0.6 is 0 Å². The third kappa shape index (κ3) is 3.45. The minimum atomic E-state index is 0.0552. The summed E-state index contributed by atoms with van der Waals surface area (Å²) < 4.78 is 10.8. The van der Waals surface area contributed by atoms with Crippen LogP contribution in [0.4, 0.5) is 0 Å². The Morgan fingerprint density at radius 1 is 0.844 bits per heavy atom. The highest BCUT2D eigenvalue weighted by Gasteiger charge is 2.48. The lowest BCUT2D eigenvalue weighted by molar-refractivity contribution is 0.0367. The highest BCUT2D eigenvalue weighted by atomic mass is 16.7. The second kappa shape index (κ2) is 7.84. The Bertz CT molecular complexity index is 1160. The van der Waals surface area contributed by atoms with E-state index in [0.717, 1.165) is 0 Å². The highest BCUT2D eigenvalue weighted by Crippen LogP contribution is 2.38. The average molecular weight is 425 g/mol. The van der Waals surface area contributed by atoms with Crippen LogP contribution in [-0.4, -0.2) is 42.8 Å². The van der Waals surface area contributed by atoms with Crippen molar-refractivity contribution >= 4 is 18.1 Å². The molecule has 1 amide bonds. The van der Waals surface area contributed by atoms with E-state index in [9.17, 15) is 4.79 Å². The van der Waals surface area contributed by atoms with E-state index in [1.807, 2.05) is 35.2 Å². The minimum Gasteiger partial charge on any atom is -0.454 e. The number of piperidine rings is 1. The van der Waals surface area contributed by atoms with E-state index in [4.69, 9.17) is 9.47 Å². The summed E-state index contributed by atoms with van der Waals surface area (Å²) in [6.07, 6.45) is 4.28. The van der Waals surface area contributed by atoms with Crippen molar-refractivity contribution in [3.8, 4) is 11.5 Å². The van der Waals surface area contributed by atoms with Crippen LogP contribution in [0.2, 0.25) is 0 Å². The van der Waals surface area contributed by atoms with Crippen LogP contribution in [0, 0.1) is 0 Å². The Balaban J connectivity index is 1.11. The lowest BCUT2D eigenvalue weighted by atomic mass is 9.74. The summed E-state index contributed by atoms with van der Waals surface area (Å²) in [4.78, 5) is 15.0. The highest BCUT2D eigenvalue weighted by molar-refractivity contribution is 5.95. The maximum atomic E-state index is 13.0. The largest absolute Gasteiger partial charge is 0.454 e. The van der Waals surface area contributed by atoms with Crippen LogP contribution in [0.15, 0.2) is 72.8 Å². The smallest absolute Gasteiger partial charge is 0.254 e. The van der Waals surface area contributed by atoms with E-state index in [2.05, 4.69) is 53.9 Å². The topological polar surface area (TPSA) is 50.8 Å². The zero-order valence-electron chi connectivity index (χ0n) is 17.6. The zero-order valence-corrected chi connectivity index (χ0v) is 17.6. The van der Waals surface area contributed by atoms with Crippen molar-refractivity contribution in [1.82, 2.24) is 10.2 Å². The van der Waals surface area contributed by atoms with Crippen molar-refractivity contribution < 1.29 is 14.3 Å². The Kier molecular flexibility index (Phi) is 4.69. The Hall–Kier alpha value is -3.57. The molecule has 0 spiro atoms. The molecule has 32 heavy (non-hydrogen) atoms. The van der Waals surface area contributed by atoms with Crippen LogP contribution in [0.25, 0.3) is 12.2 Å². The fourth-order valence-corrected chi connectivity index (χ4v) is 4.95. The number of nitrogens with zero attached hydrogens (tertiary/aromatic N) is 1. The van der Waals surface area contributed by atoms with Gasteiger partial charge in [0.1, 0.15) is 0 Å². The maximum Gasteiger partial charge on any atom is 0.254 e. The van der Waals surface area contributed by atoms with Gasteiger partial charge in [0.15, 0.2) is 11.5 Å². The SMILES string of the molecule is O=C(c1ccc2c(c1)OCO2)N1C[C@@H]2N[C@H](C1)C2c1ccc(C=Cc2ccccc2)cc1. The summed E-state index contributed by atoms with van der Waals surface area (Å²) in [5.74, 6) is 1.85. The predicted octanol–water partition coefficient (Wildman–Crippen LogP) is 4.17. The molecule has 2 bridgehead atoms. The van der Waals surface area contributed by atoms with Crippen LogP contribution in [0.1, 0.15) is 33.0 Å². The molecule has 1 N–H and O–H groups in total. The third-order valence-corrected chi connectivity index (χ3v) is 6.63. The van der Waals surface area contributed by atoms with E-state index < -0.39 is 0 Å². The number of carbonyl (C=O) groups excluding carboxylic acids is 1. The van der Waals surface area contributed by atoms with Gasteiger partial charge in [0, 0.05) is 36.7 Å². The van der Waals surface area contributed by atoms with Crippen molar-refractivity contribution in [2.45, 2.75) is 18.0 Å². The maximum absolute atomic E-state index is 13.0. The number of nitrogens with one attached hydrogen (secondary N) is 1. The molecule has 5 heteroatoms. The van der Waals surface area contributed by atoms with Gasteiger partial charge in [0.05, 0.1) is 0 Å². The van der Waals surface area contributed by atoms with Crippen molar-refractivity contribution in [2.75, 3.05) is 19.9 Å². The number of fused-ring (bicyclic) bond motifs is 3. The average Bonchev–Trinajstić information content (AvgIpc) is 3.32. The van der Waals surface area contributed by atoms with E-state index in [1.54, 1.807) is 6.07 Å². The monoisotopic (exact) mass is 424 g/mol. The number of hydrogen-bond acceptors (Lipinski definition) is 4. The molecule has 0 saturated carbocycles. The molecule has 7 rings (SSSR count). The molecule has 4 heterocycles. The van der Waals surface area contributed by atoms with E-state index >= 15 is 0 Å². The lowest BCUT2D eigenvalue weighted by Crippen LogP contribution is -2.72. The van der Waals surface area contributed by atoms with Gasteiger partial charge in [-0.2, -0.15) is 0 Å². The number of hydrogen-bond donors (Lipinski definition) is 1. The molecule has 3 saturated heterocycles. The first-order valence-electron chi connectivity index (χ1n) is 11.0. The van der Waals surface area contributed by atoms with Crippen molar-refractivity contribution in [2.24, 2.45) is 0 Å². The zero-order chi connectivity index (χ0) is 21.5. The van der Waals surface area contributed by atoms with Gasteiger partial charge in [0.2, 0.25) is 6.79 Å². The Morgan fingerprint density at radius 3 is 2.28 bits per heavy atom. The molecule has 1 unspecified atom stereocenters. The van der Waals surface area contributed by atoms with Crippen LogP contribution in [0.5, 0.6) is 11.5 Å². The normalized spacial score (nSPS) is 23.2. The number of amides is 1. The van der Waals surface area contributed by atoms with Gasteiger partial charge in [-0.1, -0.05) is 66.7 Å². The van der Waals surface area contributed by atoms with Crippen LogP contribution < -0.4 is 14.8 Å². The summed E-state index contributed by atoms with van der Waals surface area (Å²) in [6, 6.07) is 25.1. The number of benzene rings is 3. The molecule has 0 radical (unpaired) electrons. The molecular weight excluding hydrogens is 400 g/mol. The molecular formula is C27H24N2O3. The number of rotatable bonds is 4. The van der Waals surface area contributed by atoms with Gasteiger partial charge in [-0.05, 0) is 34.9 Å². The summed E-state index contributed by atoms with van der Waals surface area (Å²) in [5.41, 5.74) is 4.38. The van der Waals surface area contributed by atoms with Crippen molar-refractivity contribution in [3.05, 3.63) is 95.1 Å². The first-order chi connectivity index (χ1) is 15.7. The predicted molar refractivity (Wildman–Crippen MR) is 124 cm³/mol. The summed E-state index contributed by atoms with van der Waals surface area (Å²) >= 11 is 0. The molecule has 0 aliphatic carbocycles. The quantitative estimate of drug-likeness (QED) is 0.639. The number of ether oxygens (including phenoxy) is 2. The van der Waals surface area contributed by atoms with Gasteiger partial charge in [0.25, 0.3) is 5.91 Å². The fourth-order valence-electron chi connectivity index (χ4n) is 4.95. The molecule has 3 atom stereocenters. The molecule has 4 aliphatic heterocycles. The van der Waals surface area contributed by atoms with E-state index in [-0.39, 0.29) is 24.8 Å². The van der Waals surface area contributed by atoms with Gasteiger partial charge in [-0.3, -0.25) is 4.79 Å². The molecule has 0 aromatic heterocycles. The number of carbonyl (C=O) groups is 1. The molecule has 5 nitrogen and oxygen atoms in total. The van der Waals surface area contributed by atoms with Crippen LogP contribution in [0.3, 0.4) is 0 Å². The first kappa shape index (κ1) is 19.1. The first-order valence-corrected chi connectivity index (χ1v) is 11.0. The third-order valence-electron chi connectivity index (χ3n) is 6.63. The van der Waals surface area contributed by atoms with E-state index in [1.165, 1.54) is 16.7 Å². The van der Waals surface area contributed by atoms with E-state index in [0.29, 0.717) is 36.1 Å². The summed E-state index contributed by atoms with van der Waals surface area (Å²) in [5, 5.41) is 3.61. The minimum absolute atomic E-state index is 0.0552. The Labute approximate surface area is 187 Å². The molecule has 3 fully saturated rings. The second-order valence-electron chi connectivity index (χ2n) is 8.59. The van der Waals surface area contributed by atoms with Gasteiger partial charge >= 0.3 is 0 Å². The van der Waals surface area contributed by atoms with Gasteiger partial charge in [-0.25, -0.2) is 0 Å². The lowest BCUT2D eigenvalue weighted by Gasteiger charge is -2.54. The summed E-state index contributed by atoms with van der Waals surface area (Å²) in [7, 11) is 0. The molecule has 160 valence electrons. The van der Waals surface area contributed by atoms with Crippen LogP contribution in [-0.2, 0) is 0 Å². The Morgan fingerprint density at radius 2 is 1.53 bits per heavy atom.